The number of hydrogen-bond donors (Lipinski definition) is 1. The third-order valence-electron chi connectivity index (χ3n) is 5.68. The van der Waals surface area contributed by atoms with Crippen molar-refractivity contribution in [3.63, 3.8) is 0 Å². The Morgan fingerprint density at radius 3 is 2.75 bits per heavy atom. The highest BCUT2D eigenvalue weighted by Gasteiger charge is 2.26. The van der Waals surface area contributed by atoms with Crippen molar-refractivity contribution in [2.24, 2.45) is 0 Å². The number of aromatic nitrogens is 1. The highest BCUT2D eigenvalue weighted by Crippen LogP contribution is 2.33. The third-order valence-corrected chi connectivity index (χ3v) is 5.68. The predicted octanol–water partition coefficient (Wildman–Crippen LogP) is 3.73. The second-order valence-electron chi connectivity index (χ2n) is 8.29. The molecular formula is C25H37N3O4. The number of hydrogen-bond acceptors (Lipinski definition) is 7. The lowest BCUT2D eigenvalue weighted by Gasteiger charge is -2.29. The van der Waals surface area contributed by atoms with Crippen molar-refractivity contribution < 1.29 is 19.1 Å². The van der Waals surface area contributed by atoms with Gasteiger partial charge in [-0.2, -0.15) is 0 Å². The van der Waals surface area contributed by atoms with Crippen molar-refractivity contribution in [3.8, 4) is 11.3 Å². The third kappa shape index (κ3) is 7.17. The van der Waals surface area contributed by atoms with Gasteiger partial charge in [-0.3, -0.25) is 4.90 Å². The van der Waals surface area contributed by atoms with Gasteiger partial charge >= 0.3 is 0 Å². The van der Waals surface area contributed by atoms with E-state index in [4.69, 9.17) is 14.0 Å². The highest BCUT2D eigenvalue weighted by molar-refractivity contribution is 5.68. The van der Waals surface area contributed by atoms with Crippen LogP contribution in [-0.4, -0.2) is 74.4 Å². The van der Waals surface area contributed by atoms with Gasteiger partial charge in [0.2, 0.25) is 5.88 Å². The first-order valence-corrected chi connectivity index (χ1v) is 11.6. The minimum Gasteiger partial charge on any atom is -0.389 e. The van der Waals surface area contributed by atoms with Gasteiger partial charge in [0, 0.05) is 52.0 Å². The van der Waals surface area contributed by atoms with E-state index in [-0.39, 0.29) is 6.61 Å². The van der Waals surface area contributed by atoms with Crippen LogP contribution in [0.15, 0.2) is 47.5 Å². The molecule has 0 bridgehead atoms. The van der Waals surface area contributed by atoms with Crippen molar-refractivity contribution in [1.82, 2.24) is 10.1 Å². The SMILES string of the molecule is C=CCOCC(O)CN(CCCOC)Cc1c(-c2ccccc2)noc1N1CCCCC1. The zero-order chi connectivity index (χ0) is 22.6. The Morgan fingerprint density at radius 2 is 2.03 bits per heavy atom. The number of aliphatic hydroxyl groups is 1. The predicted molar refractivity (Wildman–Crippen MR) is 127 cm³/mol. The Morgan fingerprint density at radius 1 is 1.25 bits per heavy atom. The first-order chi connectivity index (χ1) is 15.7. The number of anilines is 1. The van der Waals surface area contributed by atoms with Crippen LogP contribution in [0.5, 0.6) is 0 Å². The lowest BCUT2D eigenvalue weighted by molar-refractivity contribution is 0.0230. The second kappa shape index (κ2) is 13.4. The molecule has 3 rings (SSSR count). The van der Waals surface area contributed by atoms with Gasteiger partial charge in [0.25, 0.3) is 0 Å². The van der Waals surface area contributed by atoms with Crippen LogP contribution in [0.25, 0.3) is 11.3 Å². The molecule has 1 N–H and O–H groups in total. The number of methoxy groups -OCH3 is 1. The summed E-state index contributed by atoms with van der Waals surface area (Å²) in [6.45, 7) is 8.95. The minimum absolute atomic E-state index is 0.279. The summed E-state index contributed by atoms with van der Waals surface area (Å²) in [6.07, 6.45) is 5.57. The maximum Gasteiger partial charge on any atom is 0.232 e. The van der Waals surface area contributed by atoms with Crippen LogP contribution in [0.2, 0.25) is 0 Å². The molecule has 7 nitrogen and oxygen atoms in total. The smallest absolute Gasteiger partial charge is 0.232 e. The van der Waals surface area contributed by atoms with Gasteiger partial charge in [-0.15, -0.1) is 6.58 Å². The molecular weight excluding hydrogens is 406 g/mol. The molecule has 176 valence electrons. The van der Waals surface area contributed by atoms with E-state index in [0.717, 1.165) is 61.6 Å². The van der Waals surface area contributed by atoms with E-state index in [2.05, 4.69) is 33.7 Å². The van der Waals surface area contributed by atoms with Crippen molar-refractivity contribution in [2.75, 3.05) is 58.0 Å². The normalized spacial score (nSPS) is 15.3. The van der Waals surface area contributed by atoms with Crippen LogP contribution < -0.4 is 4.90 Å². The number of benzene rings is 1. The van der Waals surface area contributed by atoms with Crippen molar-refractivity contribution in [2.45, 2.75) is 38.3 Å². The Labute approximate surface area is 191 Å². The Hall–Kier alpha value is -2.19. The molecule has 1 aliphatic heterocycles. The van der Waals surface area contributed by atoms with Gasteiger partial charge in [-0.05, 0) is 25.7 Å². The topological polar surface area (TPSA) is 71.2 Å². The zero-order valence-corrected chi connectivity index (χ0v) is 19.2. The molecule has 0 saturated carbocycles. The standard InChI is InChI=1S/C25H37N3O4/c1-3-16-31-20-22(29)18-27(13-10-17-30-2)19-23-24(21-11-6-4-7-12-21)26-32-25(23)28-14-8-5-9-15-28/h3-4,6-7,11-12,22,29H,1,5,8-10,13-20H2,2H3. The first kappa shape index (κ1) is 24.5. The van der Waals surface area contributed by atoms with E-state index in [0.29, 0.717) is 26.3 Å². The molecule has 32 heavy (non-hydrogen) atoms. The number of nitrogens with zero attached hydrogens (tertiary/aromatic N) is 3. The molecule has 1 aromatic heterocycles. The number of rotatable bonds is 14. The maximum absolute atomic E-state index is 10.6. The molecule has 1 fully saturated rings. The lowest BCUT2D eigenvalue weighted by atomic mass is 10.1. The Kier molecular flexibility index (Phi) is 10.2. The zero-order valence-electron chi connectivity index (χ0n) is 19.2. The summed E-state index contributed by atoms with van der Waals surface area (Å²) in [5.74, 6) is 0.859. The number of aliphatic hydroxyl groups excluding tert-OH is 1. The van der Waals surface area contributed by atoms with Gasteiger partial charge in [0.15, 0.2) is 0 Å². The van der Waals surface area contributed by atoms with E-state index in [1.165, 1.54) is 6.42 Å². The van der Waals surface area contributed by atoms with Gasteiger partial charge < -0.3 is 24.0 Å². The molecule has 1 atom stereocenters. The summed E-state index contributed by atoms with van der Waals surface area (Å²) >= 11 is 0. The largest absolute Gasteiger partial charge is 0.389 e. The van der Waals surface area contributed by atoms with Gasteiger partial charge in [0.1, 0.15) is 5.69 Å². The molecule has 1 aromatic carbocycles. The van der Waals surface area contributed by atoms with Crippen molar-refractivity contribution in [3.05, 3.63) is 48.6 Å². The maximum atomic E-state index is 10.6. The fraction of sp³-hybridized carbons (Fsp3) is 0.560. The summed E-state index contributed by atoms with van der Waals surface area (Å²) < 4.78 is 16.6. The Bertz CT molecular complexity index is 790. The summed E-state index contributed by atoms with van der Waals surface area (Å²) in [4.78, 5) is 4.56. The molecule has 1 unspecified atom stereocenters. The number of piperidine rings is 1. The molecule has 0 amide bonds. The average Bonchev–Trinajstić information content (AvgIpc) is 3.24. The van der Waals surface area contributed by atoms with Crippen LogP contribution in [0.4, 0.5) is 5.88 Å². The fourth-order valence-electron chi connectivity index (χ4n) is 4.14. The molecule has 1 saturated heterocycles. The molecule has 0 aliphatic carbocycles. The fourth-order valence-corrected chi connectivity index (χ4v) is 4.14. The van der Waals surface area contributed by atoms with Crippen LogP contribution in [0, 0.1) is 0 Å². The average molecular weight is 444 g/mol. The van der Waals surface area contributed by atoms with Crippen LogP contribution in [-0.2, 0) is 16.0 Å². The molecule has 2 aromatic rings. The quantitative estimate of drug-likeness (QED) is 0.352. The van der Waals surface area contributed by atoms with E-state index in [1.807, 2.05) is 18.2 Å². The van der Waals surface area contributed by atoms with Gasteiger partial charge in [-0.25, -0.2) is 0 Å². The summed E-state index contributed by atoms with van der Waals surface area (Å²) in [5.41, 5.74) is 3.00. The summed E-state index contributed by atoms with van der Waals surface area (Å²) in [6, 6.07) is 10.2. The number of ether oxygens (including phenoxy) is 2. The van der Waals surface area contributed by atoms with Crippen LogP contribution >= 0.6 is 0 Å². The molecule has 7 heteroatoms. The molecule has 1 aliphatic rings. The van der Waals surface area contributed by atoms with Gasteiger partial charge in [0.05, 0.1) is 24.9 Å². The summed E-state index contributed by atoms with van der Waals surface area (Å²) in [7, 11) is 1.71. The van der Waals surface area contributed by atoms with Crippen LogP contribution in [0.3, 0.4) is 0 Å². The van der Waals surface area contributed by atoms with Crippen molar-refractivity contribution in [1.29, 1.82) is 0 Å². The monoisotopic (exact) mass is 443 g/mol. The van der Waals surface area contributed by atoms with E-state index >= 15 is 0 Å². The lowest BCUT2D eigenvalue weighted by Crippen LogP contribution is -2.36. The first-order valence-electron chi connectivity index (χ1n) is 11.6. The minimum atomic E-state index is -0.587. The molecule has 0 spiro atoms. The highest BCUT2D eigenvalue weighted by atomic mass is 16.5. The summed E-state index contributed by atoms with van der Waals surface area (Å²) in [5, 5.41) is 15.0. The second-order valence-corrected chi connectivity index (χ2v) is 8.29. The van der Waals surface area contributed by atoms with E-state index < -0.39 is 6.10 Å². The van der Waals surface area contributed by atoms with E-state index in [1.54, 1.807) is 13.2 Å². The molecule has 0 radical (unpaired) electrons. The van der Waals surface area contributed by atoms with E-state index in [9.17, 15) is 5.11 Å². The van der Waals surface area contributed by atoms with Crippen molar-refractivity contribution >= 4 is 5.88 Å². The van der Waals surface area contributed by atoms with Gasteiger partial charge in [-0.1, -0.05) is 41.6 Å². The molecule has 2 heterocycles. The Balaban J connectivity index is 1.83. The van der Waals surface area contributed by atoms with Crippen LogP contribution in [0.1, 0.15) is 31.2 Å².